The fraction of sp³-hybridized carbons (Fsp3) is 0.167. The molecule has 0 aromatic heterocycles. The second-order valence-electron chi connectivity index (χ2n) is 4.92. The van der Waals surface area contributed by atoms with Gasteiger partial charge in [-0.25, -0.2) is 0 Å². The number of aryl methyl sites for hydroxylation is 1. The Kier molecular flexibility index (Phi) is 5.45. The van der Waals surface area contributed by atoms with Crippen molar-refractivity contribution in [1.82, 2.24) is 0 Å². The second-order valence-corrected chi connectivity index (χ2v) is 5.72. The molecule has 0 saturated heterocycles. The van der Waals surface area contributed by atoms with Crippen LogP contribution in [0.1, 0.15) is 21.5 Å². The van der Waals surface area contributed by atoms with Crippen LogP contribution in [-0.2, 0) is 0 Å². The maximum Gasteiger partial charge on any atom is 0.189 e. The number of carbonyl (C=O) groups is 1. The van der Waals surface area contributed by atoms with Crippen LogP contribution in [0, 0.1) is 6.92 Å². The van der Waals surface area contributed by atoms with Crippen molar-refractivity contribution < 1.29 is 19.4 Å². The summed E-state index contributed by atoms with van der Waals surface area (Å²) in [6.07, 6.45) is 3.08. The van der Waals surface area contributed by atoms with Crippen LogP contribution in [0.5, 0.6) is 17.2 Å². The van der Waals surface area contributed by atoms with Gasteiger partial charge in [-0.1, -0.05) is 11.6 Å². The van der Waals surface area contributed by atoms with Gasteiger partial charge < -0.3 is 14.6 Å². The maximum absolute atomic E-state index is 12.3. The number of carbonyl (C=O) groups excluding carboxylic acids is 1. The molecule has 0 aliphatic heterocycles. The molecule has 1 N–H and O–H groups in total. The smallest absolute Gasteiger partial charge is 0.189 e. The summed E-state index contributed by atoms with van der Waals surface area (Å²) in [7, 11) is 3.11. The van der Waals surface area contributed by atoms with Crippen LogP contribution < -0.4 is 9.47 Å². The molecule has 0 atom stereocenters. The first-order chi connectivity index (χ1) is 11.0. The highest BCUT2D eigenvalue weighted by Crippen LogP contribution is 2.38. The van der Waals surface area contributed by atoms with Crippen molar-refractivity contribution in [3.05, 3.63) is 57.6 Å². The van der Waals surface area contributed by atoms with Crippen LogP contribution in [0.25, 0.3) is 6.08 Å². The number of methoxy groups -OCH3 is 2. The zero-order valence-electron chi connectivity index (χ0n) is 13.1. The lowest BCUT2D eigenvalue weighted by Crippen LogP contribution is -1.96. The van der Waals surface area contributed by atoms with Crippen molar-refractivity contribution in [2.24, 2.45) is 0 Å². The van der Waals surface area contributed by atoms with Gasteiger partial charge in [-0.05, 0) is 64.8 Å². The molecule has 0 unspecified atom stereocenters. The number of phenolic OH excluding ortho intramolecular Hbond substituents is 1. The molecule has 0 heterocycles. The van der Waals surface area contributed by atoms with Gasteiger partial charge in [-0.2, -0.15) is 0 Å². The SMILES string of the molecule is COc1ccc(C=CC(=O)c2cc(C)ccc2O)c(Br)c1OC. The van der Waals surface area contributed by atoms with Crippen LogP contribution in [0.4, 0.5) is 0 Å². The van der Waals surface area contributed by atoms with Crippen LogP contribution >= 0.6 is 15.9 Å². The van der Waals surface area contributed by atoms with E-state index in [1.165, 1.54) is 12.1 Å². The summed E-state index contributed by atoms with van der Waals surface area (Å²) in [4.78, 5) is 12.3. The van der Waals surface area contributed by atoms with Gasteiger partial charge in [0.1, 0.15) is 5.75 Å². The van der Waals surface area contributed by atoms with E-state index in [4.69, 9.17) is 9.47 Å². The van der Waals surface area contributed by atoms with E-state index in [1.807, 2.05) is 13.0 Å². The Hall–Kier alpha value is -2.27. The van der Waals surface area contributed by atoms with Gasteiger partial charge in [-0.15, -0.1) is 0 Å². The van der Waals surface area contributed by atoms with E-state index >= 15 is 0 Å². The third-order valence-electron chi connectivity index (χ3n) is 3.35. The summed E-state index contributed by atoms with van der Waals surface area (Å²) in [6, 6.07) is 8.50. The highest BCUT2D eigenvalue weighted by molar-refractivity contribution is 9.10. The van der Waals surface area contributed by atoms with E-state index in [9.17, 15) is 9.90 Å². The van der Waals surface area contributed by atoms with Crippen molar-refractivity contribution >= 4 is 27.8 Å². The fourth-order valence-electron chi connectivity index (χ4n) is 2.14. The number of hydrogen-bond donors (Lipinski definition) is 1. The van der Waals surface area contributed by atoms with E-state index in [0.29, 0.717) is 16.0 Å². The molecule has 0 radical (unpaired) electrons. The molecule has 0 amide bonds. The van der Waals surface area contributed by atoms with E-state index in [-0.39, 0.29) is 17.1 Å². The van der Waals surface area contributed by atoms with Gasteiger partial charge in [0, 0.05) is 0 Å². The minimum Gasteiger partial charge on any atom is -0.507 e. The molecular formula is C18H17BrO4. The monoisotopic (exact) mass is 376 g/mol. The normalized spacial score (nSPS) is 10.8. The molecule has 0 fully saturated rings. The van der Waals surface area contributed by atoms with E-state index in [1.54, 1.807) is 38.5 Å². The van der Waals surface area contributed by atoms with Gasteiger partial charge in [0.25, 0.3) is 0 Å². The van der Waals surface area contributed by atoms with Crippen LogP contribution in [-0.4, -0.2) is 25.1 Å². The maximum atomic E-state index is 12.3. The number of phenols is 1. The highest BCUT2D eigenvalue weighted by atomic mass is 79.9. The summed E-state index contributed by atoms with van der Waals surface area (Å²) in [5, 5.41) is 9.81. The quantitative estimate of drug-likeness (QED) is 0.621. The lowest BCUT2D eigenvalue weighted by atomic mass is 10.1. The summed E-state index contributed by atoms with van der Waals surface area (Å²) >= 11 is 3.45. The Morgan fingerprint density at radius 1 is 1.17 bits per heavy atom. The molecule has 120 valence electrons. The lowest BCUT2D eigenvalue weighted by molar-refractivity contribution is 0.104. The van der Waals surface area contributed by atoms with Gasteiger partial charge in [0.05, 0.1) is 24.3 Å². The van der Waals surface area contributed by atoms with Gasteiger partial charge in [0.2, 0.25) is 0 Å². The predicted octanol–water partition coefficient (Wildman–Crippen LogP) is 4.38. The Balaban J connectivity index is 2.33. The number of halogens is 1. The largest absolute Gasteiger partial charge is 0.507 e. The number of ether oxygens (including phenoxy) is 2. The van der Waals surface area contributed by atoms with Crippen molar-refractivity contribution in [3.8, 4) is 17.2 Å². The average Bonchev–Trinajstić information content (AvgIpc) is 2.55. The van der Waals surface area contributed by atoms with Gasteiger partial charge >= 0.3 is 0 Å². The number of hydrogen-bond acceptors (Lipinski definition) is 4. The van der Waals surface area contributed by atoms with Gasteiger partial charge in [0.15, 0.2) is 17.3 Å². The third kappa shape index (κ3) is 3.74. The number of benzene rings is 2. The molecule has 2 aromatic carbocycles. The molecule has 0 saturated carbocycles. The van der Waals surface area contributed by atoms with E-state index in [0.717, 1.165) is 11.1 Å². The number of allylic oxidation sites excluding steroid dienone is 1. The summed E-state index contributed by atoms with van der Waals surface area (Å²) in [5.41, 5.74) is 1.95. The minimum absolute atomic E-state index is 0.0309. The Morgan fingerprint density at radius 2 is 1.91 bits per heavy atom. The van der Waals surface area contributed by atoms with Crippen LogP contribution in [0.3, 0.4) is 0 Å². The first kappa shape index (κ1) is 17.1. The van der Waals surface area contributed by atoms with Crippen molar-refractivity contribution in [2.75, 3.05) is 14.2 Å². The van der Waals surface area contributed by atoms with Crippen LogP contribution in [0.15, 0.2) is 40.9 Å². The summed E-state index contributed by atoms with van der Waals surface area (Å²) in [5.74, 6) is 0.851. The van der Waals surface area contributed by atoms with E-state index in [2.05, 4.69) is 15.9 Å². The molecule has 2 aromatic rings. The van der Waals surface area contributed by atoms with Crippen molar-refractivity contribution in [2.45, 2.75) is 6.92 Å². The Morgan fingerprint density at radius 3 is 2.57 bits per heavy atom. The number of rotatable bonds is 5. The summed E-state index contributed by atoms with van der Waals surface area (Å²) < 4.78 is 11.2. The predicted molar refractivity (Wildman–Crippen MR) is 93.5 cm³/mol. The average molecular weight is 377 g/mol. The fourth-order valence-corrected chi connectivity index (χ4v) is 2.76. The topological polar surface area (TPSA) is 55.8 Å². The molecular weight excluding hydrogens is 360 g/mol. The van der Waals surface area contributed by atoms with Gasteiger partial charge in [-0.3, -0.25) is 4.79 Å². The molecule has 23 heavy (non-hydrogen) atoms. The first-order valence-corrected chi connectivity index (χ1v) is 7.69. The molecule has 4 nitrogen and oxygen atoms in total. The Labute approximate surface area is 143 Å². The zero-order chi connectivity index (χ0) is 17.0. The van der Waals surface area contributed by atoms with Crippen molar-refractivity contribution in [3.63, 3.8) is 0 Å². The van der Waals surface area contributed by atoms with E-state index < -0.39 is 0 Å². The third-order valence-corrected chi connectivity index (χ3v) is 4.16. The molecule has 0 bridgehead atoms. The molecule has 0 spiro atoms. The van der Waals surface area contributed by atoms with Crippen molar-refractivity contribution in [1.29, 1.82) is 0 Å². The first-order valence-electron chi connectivity index (χ1n) is 6.90. The zero-order valence-corrected chi connectivity index (χ0v) is 14.7. The molecule has 0 aliphatic rings. The summed E-state index contributed by atoms with van der Waals surface area (Å²) in [6.45, 7) is 1.87. The number of aromatic hydroxyl groups is 1. The lowest BCUT2D eigenvalue weighted by Gasteiger charge is -2.11. The molecule has 2 rings (SSSR count). The minimum atomic E-state index is -0.270. The number of ketones is 1. The standard InChI is InChI=1S/C18H17BrO4/c1-11-4-7-14(20)13(10-11)15(21)8-5-12-6-9-16(22-2)18(23-3)17(12)19/h4-10,20H,1-3H3. The van der Waals surface area contributed by atoms with Crippen LogP contribution in [0.2, 0.25) is 0 Å². The Bertz CT molecular complexity index is 766. The highest BCUT2D eigenvalue weighted by Gasteiger charge is 2.12. The molecule has 0 aliphatic carbocycles. The molecule has 5 heteroatoms. The second kappa shape index (κ2) is 7.33.